The minimum absolute atomic E-state index is 0.139. The topological polar surface area (TPSA) is 106 Å². The van der Waals surface area contributed by atoms with E-state index in [0.717, 1.165) is 35.5 Å². The van der Waals surface area contributed by atoms with Gasteiger partial charge in [-0.05, 0) is 86.7 Å². The van der Waals surface area contributed by atoms with Crippen molar-refractivity contribution in [2.75, 3.05) is 37.5 Å². The van der Waals surface area contributed by atoms with E-state index in [1.54, 1.807) is 17.8 Å². The highest BCUT2D eigenvalue weighted by molar-refractivity contribution is 8.13. The predicted molar refractivity (Wildman–Crippen MR) is 161 cm³/mol. The third kappa shape index (κ3) is 10.1. The van der Waals surface area contributed by atoms with Gasteiger partial charge in [0, 0.05) is 35.6 Å². The van der Waals surface area contributed by atoms with E-state index in [9.17, 15) is 14.4 Å². The second-order valence-corrected chi connectivity index (χ2v) is 12.6. The van der Waals surface area contributed by atoms with Gasteiger partial charge in [-0.2, -0.15) is 11.8 Å². The van der Waals surface area contributed by atoms with E-state index in [1.165, 1.54) is 18.9 Å². The highest BCUT2D eigenvalue weighted by Gasteiger charge is 2.29. The fraction of sp³-hybridized carbons (Fsp3) is 0.483. The zero-order valence-electron chi connectivity index (χ0n) is 23.2. The van der Waals surface area contributed by atoms with E-state index in [0.29, 0.717) is 18.5 Å². The summed E-state index contributed by atoms with van der Waals surface area (Å²) >= 11 is 2.84. The van der Waals surface area contributed by atoms with Gasteiger partial charge in [-0.1, -0.05) is 30.3 Å². The molecule has 1 heterocycles. The third-order valence-electron chi connectivity index (χ3n) is 6.09. The van der Waals surface area contributed by atoms with Crippen LogP contribution in [0.3, 0.4) is 0 Å². The molecule has 2 aromatic rings. The quantitative estimate of drug-likeness (QED) is 0.313. The van der Waals surface area contributed by atoms with Gasteiger partial charge in [0.2, 0.25) is 0 Å². The lowest BCUT2D eigenvalue weighted by Gasteiger charge is -2.20. The van der Waals surface area contributed by atoms with E-state index in [2.05, 4.69) is 16.0 Å². The highest BCUT2D eigenvalue weighted by Crippen LogP contribution is 2.27. The number of hydrogen-bond acceptors (Lipinski definition) is 9. The number of carbonyl (C=O) groups excluding carboxylic acids is 3. The summed E-state index contributed by atoms with van der Waals surface area (Å²) < 4.78 is 10.3. The Morgan fingerprint density at radius 2 is 1.85 bits per heavy atom. The predicted octanol–water partition coefficient (Wildman–Crippen LogP) is 5.19. The fourth-order valence-corrected chi connectivity index (χ4v) is 5.75. The first kappa shape index (κ1) is 30.8. The molecule has 3 rings (SSSR count). The van der Waals surface area contributed by atoms with Crippen LogP contribution in [-0.2, 0) is 14.3 Å². The van der Waals surface area contributed by atoms with Crippen molar-refractivity contribution in [2.45, 2.75) is 56.5 Å². The molecule has 10 heteroatoms. The van der Waals surface area contributed by atoms with Gasteiger partial charge >= 0.3 is 11.3 Å². The summed E-state index contributed by atoms with van der Waals surface area (Å²) in [4.78, 5) is 37.7. The molecule has 2 aromatic carbocycles. The summed E-state index contributed by atoms with van der Waals surface area (Å²) in [6, 6.07) is 14.9. The number of benzene rings is 2. The van der Waals surface area contributed by atoms with E-state index in [1.807, 2.05) is 69.5 Å². The standard InChI is InChI=1S/C29H39N3O5S2/c1-29(2,3)37-28(35)39-24-16-23(31-18-24)17-30-22-14-20(19-9-7-6-8-10-19)13-21(15-22)26(33)32-25(11-12-38-5)27(34)36-4/h6-10,13-15,23-25,30-31H,11-12,16-18H2,1-5H3,(H,32,33). The molecular formula is C29H39N3O5S2. The normalized spacial score (nSPS) is 17.8. The number of esters is 1. The summed E-state index contributed by atoms with van der Waals surface area (Å²) in [7, 11) is 1.33. The maximum atomic E-state index is 13.3. The van der Waals surface area contributed by atoms with Crippen molar-refractivity contribution in [1.29, 1.82) is 0 Å². The molecule has 3 N–H and O–H groups in total. The van der Waals surface area contributed by atoms with Crippen molar-refractivity contribution >= 4 is 46.4 Å². The van der Waals surface area contributed by atoms with Crippen molar-refractivity contribution < 1.29 is 23.9 Å². The lowest BCUT2D eigenvalue weighted by atomic mass is 10.0. The molecule has 3 atom stereocenters. The Morgan fingerprint density at radius 1 is 1.10 bits per heavy atom. The second kappa shape index (κ2) is 14.6. The molecule has 0 radical (unpaired) electrons. The number of anilines is 1. The molecule has 1 aliphatic rings. The minimum atomic E-state index is -0.714. The maximum absolute atomic E-state index is 13.3. The van der Waals surface area contributed by atoms with E-state index >= 15 is 0 Å². The molecule has 1 amide bonds. The van der Waals surface area contributed by atoms with Gasteiger partial charge < -0.3 is 25.4 Å². The number of ether oxygens (including phenoxy) is 2. The molecule has 3 unspecified atom stereocenters. The molecule has 1 fully saturated rings. The number of amides is 1. The average Bonchev–Trinajstić information content (AvgIpc) is 3.35. The van der Waals surface area contributed by atoms with Crippen LogP contribution in [-0.4, -0.2) is 72.3 Å². The van der Waals surface area contributed by atoms with Gasteiger partial charge in [-0.3, -0.25) is 4.79 Å². The Hall–Kier alpha value is -2.69. The molecule has 1 aliphatic heterocycles. The number of carbonyl (C=O) groups is 3. The smallest absolute Gasteiger partial charge is 0.368 e. The molecule has 212 valence electrons. The highest BCUT2D eigenvalue weighted by atomic mass is 32.2. The lowest BCUT2D eigenvalue weighted by molar-refractivity contribution is -0.142. The SMILES string of the molecule is COC(=O)C(CCSC)NC(=O)c1cc(NCC2CC(SC(=O)OC(C)(C)C)CN2)cc(-c2ccccc2)c1. The van der Waals surface area contributed by atoms with Crippen LogP contribution in [0.1, 0.15) is 44.0 Å². The van der Waals surface area contributed by atoms with Crippen LogP contribution in [0.15, 0.2) is 48.5 Å². The van der Waals surface area contributed by atoms with Crippen molar-refractivity contribution in [3.05, 3.63) is 54.1 Å². The molecule has 0 aromatic heterocycles. The van der Waals surface area contributed by atoms with E-state index in [-0.39, 0.29) is 22.5 Å². The summed E-state index contributed by atoms with van der Waals surface area (Å²) in [5.74, 6) is -0.0698. The van der Waals surface area contributed by atoms with Crippen LogP contribution < -0.4 is 16.0 Å². The van der Waals surface area contributed by atoms with Gasteiger partial charge in [0.05, 0.1) is 7.11 Å². The molecule has 1 saturated heterocycles. The summed E-state index contributed by atoms with van der Waals surface area (Å²) in [5.41, 5.74) is 2.62. The van der Waals surface area contributed by atoms with Crippen LogP contribution in [0.5, 0.6) is 0 Å². The van der Waals surface area contributed by atoms with Crippen molar-refractivity contribution in [3.8, 4) is 11.1 Å². The maximum Gasteiger partial charge on any atom is 0.368 e. The largest absolute Gasteiger partial charge is 0.467 e. The van der Waals surface area contributed by atoms with E-state index in [4.69, 9.17) is 9.47 Å². The zero-order valence-corrected chi connectivity index (χ0v) is 24.9. The average molecular weight is 574 g/mol. The Labute approximate surface area is 239 Å². The van der Waals surface area contributed by atoms with Crippen molar-refractivity contribution in [1.82, 2.24) is 10.6 Å². The monoisotopic (exact) mass is 573 g/mol. The Balaban J connectivity index is 1.71. The Morgan fingerprint density at radius 3 is 2.51 bits per heavy atom. The summed E-state index contributed by atoms with van der Waals surface area (Å²) in [6.45, 7) is 6.94. The summed E-state index contributed by atoms with van der Waals surface area (Å²) in [5, 5.41) is 9.67. The first-order valence-electron chi connectivity index (χ1n) is 13.0. The van der Waals surface area contributed by atoms with Gasteiger partial charge in [-0.15, -0.1) is 0 Å². The first-order chi connectivity index (χ1) is 18.6. The fourth-order valence-electron chi connectivity index (χ4n) is 4.21. The number of methoxy groups -OCH3 is 1. The zero-order chi connectivity index (χ0) is 28.4. The number of rotatable bonds is 11. The van der Waals surface area contributed by atoms with Crippen LogP contribution in [0.25, 0.3) is 11.1 Å². The third-order valence-corrected chi connectivity index (χ3v) is 7.70. The molecular weight excluding hydrogens is 534 g/mol. The number of hydrogen-bond donors (Lipinski definition) is 3. The molecule has 8 nitrogen and oxygen atoms in total. The van der Waals surface area contributed by atoms with Crippen molar-refractivity contribution in [3.63, 3.8) is 0 Å². The molecule has 0 saturated carbocycles. The van der Waals surface area contributed by atoms with Gasteiger partial charge in [0.15, 0.2) is 0 Å². The second-order valence-electron chi connectivity index (χ2n) is 10.4. The van der Waals surface area contributed by atoms with Crippen molar-refractivity contribution in [2.24, 2.45) is 0 Å². The van der Waals surface area contributed by atoms with Gasteiger partial charge in [0.1, 0.15) is 11.6 Å². The molecule has 0 bridgehead atoms. The van der Waals surface area contributed by atoms with Gasteiger partial charge in [-0.25, -0.2) is 9.59 Å². The Kier molecular flexibility index (Phi) is 11.6. The minimum Gasteiger partial charge on any atom is -0.467 e. The van der Waals surface area contributed by atoms with Crippen LogP contribution in [0.2, 0.25) is 0 Å². The van der Waals surface area contributed by atoms with Gasteiger partial charge in [0.25, 0.3) is 5.91 Å². The van der Waals surface area contributed by atoms with E-state index < -0.39 is 17.6 Å². The summed E-state index contributed by atoms with van der Waals surface area (Å²) in [6.07, 6.45) is 3.26. The molecule has 39 heavy (non-hydrogen) atoms. The lowest BCUT2D eigenvalue weighted by Crippen LogP contribution is -2.42. The molecule has 0 spiro atoms. The Bertz CT molecular complexity index is 1120. The molecule has 0 aliphatic carbocycles. The number of nitrogens with one attached hydrogen (secondary N) is 3. The first-order valence-corrected chi connectivity index (χ1v) is 15.3. The van der Waals surface area contributed by atoms with Crippen LogP contribution in [0, 0.1) is 0 Å². The van der Waals surface area contributed by atoms with Crippen LogP contribution >= 0.6 is 23.5 Å². The van der Waals surface area contributed by atoms with Crippen LogP contribution in [0.4, 0.5) is 10.5 Å². The number of thioether (sulfide) groups is 2.